The molecule has 0 saturated heterocycles. The largest absolute Gasteiger partial charge is 0.384 e. The van der Waals surface area contributed by atoms with Crippen LogP contribution < -0.4 is 0 Å². The summed E-state index contributed by atoms with van der Waals surface area (Å²) in [6, 6.07) is 17.0. The average Bonchev–Trinajstić information content (AvgIpc) is 3.25. The summed E-state index contributed by atoms with van der Waals surface area (Å²) in [6.45, 7) is 3.96. The van der Waals surface area contributed by atoms with Crippen LogP contribution in [0.5, 0.6) is 0 Å². The lowest BCUT2D eigenvalue weighted by Gasteiger charge is -2.16. The van der Waals surface area contributed by atoms with Gasteiger partial charge in [0.25, 0.3) is 10.0 Å². The van der Waals surface area contributed by atoms with Crippen LogP contribution in [0.25, 0.3) is 16.6 Å². The highest BCUT2D eigenvalue weighted by Gasteiger charge is 2.27. The zero-order chi connectivity index (χ0) is 26.8. The molecule has 0 fully saturated rings. The molecule has 0 N–H and O–H groups in total. The maximum atomic E-state index is 14.1. The van der Waals surface area contributed by atoms with Gasteiger partial charge in [0.1, 0.15) is 5.82 Å². The van der Waals surface area contributed by atoms with Gasteiger partial charge in [-0.05, 0) is 47.9 Å². The van der Waals surface area contributed by atoms with Crippen molar-refractivity contribution in [2.75, 3.05) is 19.5 Å². The highest BCUT2D eigenvalue weighted by molar-refractivity contribution is 7.91. The Labute approximate surface area is 216 Å². The maximum Gasteiger partial charge on any atom is 0.269 e. The Morgan fingerprint density at radius 2 is 1.68 bits per heavy atom. The van der Waals surface area contributed by atoms with Gasteiger partial charge < -0.3 is 4.74 Å². The molecule has 0 saturated carbocycles. The van der Waals surface area contributed by atoms with Crippen LogP contribution in [0.3, 0.4) is 0 Å². The number of halogens is 1. The van der Waals surface area contributed by atoms with E-state index in [4.69, 9.17) is 4.74 Å². The SMILES string of the molecule is COCCS(=O)(=O)c1ccc(/C(=C\C(C)C)c2cc3cc(F)cnc3n2S(=O)(=O)c2ccccc2)cc1. The molecule has 0 amide bonds. The van der Waals surface area contributed by atoms with Crippen molar-refractivity contribution in [2.24, 2.45) is 5.92 Å². The first-order chi connectivity index (χ1) is 17.5. The van der Waals surface area contributed by atoms with Crippen LogP contribution in [0.1, 0.15) is 25.1 Å². The number of aromatic nitrogens is 2. The Hall–Kier alpha value is -3.34. The number of benzene rings is 2. The number of rotatable bonds is 9. The van der Waals surface area contributed by atoms with Crippen LogP contribution in [-0.4, -0.2) is 45.3 Å². The second-order valence-corrected chi connectivity index (χ2v) is 12.7. The Morgan fingerprint density at radius 3 is 2.30 bits per heavy atom. The molecule has 0 aliphatic rings. The van der Waals surface area contributed by atoms with E-state index in [0.717, 1.165) is 10.2 Å². The lowest BCUT2D eigenvalue weighted by atomic mass is 9.99. The fourth-order valence-electron chi connectivity index (χ4n) is 3.99. The molecule has 0 unspecified atom stereocenters. The van der Waals surface area contributed by atoms with Gasteiger partial charge in [0.05, 0.1) is 34.0 Å². The molecular weight excluding hydrogens is 515 g/mol. The second kappa shape index (κ2) is 10.6. The molecule has 0 aliphatic heterocycles. The zero-order valence-corrected chi connectivity index (χ0v) is 22.3. The number of fused-ring (bicyclic) bond motifs is 1. The van der Waals surface area contributed by atoms with E-state index in [-0.39, 0.29) is 33.7 Å². The monoisotopic (exact) mass is 542 g/mol. The lowest BCUT2D eigenvalue weighted by Crippen LogP contribution is -2.16. The summed E-state index contributed by atoms with van der Waals surface area (Å²) in [5.41, 5.74) is 1.54. The number of sulfone groups is 1. The number of hydrogen-bond donors (Lipinski definition) is 0. The van der Waals surface area contributed by atoms with Crippen molar-refractivity contribution in [1.29, 1.82) is 0 Å². The van der Waals surface area contributed by atoms with Crippen molar-refractivity contribution in [2.45, 2.75) is 23.6 Å². The van der Waals surface area contributed by atoms with Gasteiger partial charge in [0.2, 0.25) is 0 Å². The van der Waals surface area contributed by atoms with Crippen LogP contribution in [0.2, 0.25) is 0 Å². The normalized spacial score (nSPS) is 12.9. The smallest absolute Gasteiger partial charge is 0.269 e. The molecule has 4 rings (SSSR count). The van der Waals surface area contributed by atoms with Gasteiger partial charge in [-0.25, -0.2) is 30.2 Å². The first-order valence-electron chi connectivity index (χ1n) is 11.6. The Balaban J connectivity index is 1.95. The lowest BCUT2D eigenvalue weighted by molar-refractivity contribution is 0.217. The van der Waals surface area contributed by atoms with E-state index in [1.165, 1.54) is 37.4 Å². The van der Waals surface area contributed by atoms with E-state index < -0.39 is 25.7 Å². The molecule has 0 atom stereocenters. The van der Waals surface area contributed by atoms with E-state index in [1.807, 2.05) is 19.9 Å². The van der Waals surface area contributed by atoms with Crippen LogP contribution in [0.15, 0.2) is 88.8 Å². The minimum Gasteiger partial charge on any atom is -0.384 e. The summed E-state index contributed by atoms with van der Waals surface area (Å²) >= 11 is 0. The van der Waals surface area contributed by atoms with E-state index in [2.05, 4.69) is 4.98 Å². The first-order valence-corrected chi connectivity index (χ1v) is 14.7. The highest BCUT2D eigenvalue weighted by Crippen LogP contribution is 2.34. The van der Waals surface area contributed by atoms with Crippen molar-refractivity contribution in [1.82, 2.24) is 8.96 Å². The van der Waals surface area contributed by atoms with E-state index >= 15 is 0 Å². The number of hydrogen-bond acceptors (Lipinski definition) is 6. The predicted octanol–water partition coefficient (Wildman–Crippen LogP) is 4.92. The molecule has 0 aliphatic carbocycles. The molecule has 0 radical (unpaired) electrons. The summed E-state index contributed by atoms with van der Waals surface area (Å²) in [6.07, 6.45) is 2.87. The van der Waals surface area contributed by atoms with Crippen LogP contribution in [0, 0.1) is 11.7 Å². The summed E-state index contributed by atoms with van der Waals surface area (Å²) in [7, 11) is -6.22. The van der Waals surface area contributed by atoms with E-state index in [1.54, 1.807) is 36.4 Å². The van der Waals surface area contributed by atoms with Gasteiger partial charge >= 0.3 is 0 Å². The molecule has 7 nitrogen and oxygen atoms in total. The molecular formula is C27H27FN2O5S2. The van der Waals surface area contributed by atoms with Gasteiger partial charge in [-0.1, -0.05) is 50.3 Å². The first kappa shape index (κ1) is 26.7. The summed E-state index contributed by atoms with van der Waals surface area (Å²) in [5.74, 6) is -0.734. The number of methoxy groups -OCH3 is 1. The number of nitrogens with zero attached hydrogens (tertiary/aromatic N) is 2. The molecule has 2 aromatic heterocycles. The molecule has 0 spiro atoms. The van der Waals surface area contributed by atoms with Crippen LogP contribution >= 0.6 is 0 Å². The minimum absolute atomic E-state index is 0.00991. The Bertz CT molecular complexity index is 1660. The molecule has 0 bridgehead atoms. The fourth-order valence-corrected chi connectivity index (χ4v) is 6.66. The molecule has 37 heavy (non-hydrogen) atoms. The number of pyridine rings is 1. The zero-order valence-electron chi connectivity index (χ0n) is 20.6. The van der Waals surface area contributed by atoms with Crippen molar-refractivity contribution in [3.05, 3.63) is 96.1 Å². The maximum absolute atomic E-state index is 14.1. The van der Waals surface area contributed by atoms with Gasteiger partial charge in [-0.3, -0.25) is 0 Å². The molecule has 2 heterocycles. The average molecular weight is 543 g/mol. The van der Waals surface area contributed by atoms with Crippen molar-refractivity contribution >= 4 is 36.5 Å². The van der Waals surface area contributed by atoms with E-state index in [9.17, 15) is 21.2 Å². The third-order valence-corrected chi connectivity index (χ3v) is 9.12. The van der Waals surface area contributed by atoms with Gasteiger partial charge in [0, 0.05) is 18.1 Å². The van der Waals surface area contributed by atoms with E-state index in [0.29, 0.717) is 22.2 Å². The van der Waals surface area contributed by atoms with Crippen molar-refractivity contribution in [3.8, 4) is 0 Å². The highest BCUT2D eigenvalue weighted by atomic mass is 32.2. The van der Waals surface area contributed by atoms with Gasteiger partial charge in [0.15, 0.2) is 15.5 Å². The molecule has 2 aromatic carbocycles. The minimum atomic E-state index is -4.12. The Kier molecular flexibility index (Phi) is 7.63. The molecule has 4 aromatic rings. The summed E-state index contributed by atoms with van der Waals surface area (Å²) in [4.78, 5) is 4.31. The number of ether oxygens (including phenoxy) is 1. The number of allylic oxidation sites excluding steroid dienone is 1. The van der Waals surface area contributed by atoms with Crippen molar-refractivity contribution < 1.29 is 26.0 Å². The molecule has 194 valence electrons. The fraction of sp³-hybridized carbons (Fsp3) is 0.222. The standard InChI is InChI=1S/C27H27FN2O5S2/c1-19(2)15-25(20-9-11-23(12-10-20)36(31,32)14-13-35-3)26-17-21-16-22(28)18-29-27(21)30(26)37(33,34)24-7-5-4-6-8-24/h4-12,15-19H,13-14H2,1-3H3/b25-15+. The second-order valence-electron chi connectivity index (χ2n) is 8.84. The summed E-state index contributed by atoms with van der Waals surface area (Å²) in [5, 5.41) is 0.322. The van der Waals surface area contributed by atoms with Crippen LogP contribution in [0.4, 0.5) is 4.39 Å². The predicted molar refractivity (Wildman–Crippen MR) is 141 cm³/mol. The molecule has 10 heteroatoms. The van der Waals surface area contributed by atoms with Gasteiger partial charge in [-0.15, -0.1) is 0 Å². The Morgan fingerprint density at radius 1 is 1.00 bits per heavy atom. The topological polar surface area (TPSA) is 95.3 Å². The van der Waals surface area contributed by atoms with Crippen LogP contribution in [-0.2, 0) is 24.6 Å². The summed E-state index contributed by atoms with van der Waals surface area (Å²) < 4.78 is 72.9. The third-order valence-electron chi connectivity index (χ3n) is 5.70. The quantitative estimate of drug-likeness (QED) is 0.298. The van der Waals surface area contributed by atoms with Gasteiger partial charge in [-0.2, -0.15) is 0 Å². The third kappa shape index (κ3) is 5.51. The van der Waals surface area contributed by atoms with Crippen molar-refractivity contribution in [3.63, 3.8) is 0 Å².